The molecule has 3 rings (SSSR count). The molecule has 1 spiro atoms. The van der Waals surface area contributed by atoms with Crippen molar-refractivity contribution in [2.24, 2.45) is 5.16 Å². The molecule has 1 fully saturated rings. The van der Waals surface area contributed by atoms with Gasteiger partial charge in [0.05, 0.1) is 4.34 Å². The number of piperidine rings is 1. The van der Waals surface area contributed by atoms with Gasteiger partial charge in [-0.3, -0.25) is 0 Å². The van der Waals surface area contributed by atoms with Gasteiger partial charge >= 0.3 is 0 Å². The van der Waals surface area contributed by atoms with E-state index in [2.05, 4.69) is 5.16 Å². The summed E-state index contributed by atoms with van der Waals surface area (Å²) >= 11 is 6.89. The zero-order valence-electron chi connectivity index (χ0n) is 10.1. The van der Waals surface area contributed by atoms with E-state index in [4.69, 9.17) is 16.4 Å². The minimum atomic E-state index is -3.42. The van der Waals surface area contributed by atoms with E-state index in [0.717, 1.165) is 17.8 Å². The van der Waals surface area contributed by atoms with E-state index in [9.17, 15) is 8.42 Å². The van der Waals surface area contributed by atoms with Gasteiger partial charge < -0.3 is 4.84 Å². The van der Waals surface area contributed by atoms with Crippen LogP contribution in [0.5, 0.6) is 0 Å². The lowest BCUT2D eigenvalue weighted by molar-refractivity contribution is -0.0506. The van der Waals surface area contributed by atoms with Crippen molar-refractivity contribution < 1.29 is 13.3 Å². The Labute approximate surface area is 120 Å². The van der Waals surface area contributed by atoms with E-state index in [-0.39, 0.29) is 5.60 Å². The molecule has 1 aromatic heterocycles. The zero-order valence-corrected chi connectivity index (χ0v) is 12.5. The van der Waals surface area contributed by atoms with Gasteiger partial charge in [0.1, 0.15) is 9.81 Å². The molecule has 3 heterocycles. The molecular formula is C11H13ClN2O3S2. The van der Waals surface area contributed by atoms with Crippen LogP contribution in [0.15, 0.2) is 21.5 Å². The van der Waals surface area contributed by atoms with Crippen LogP contribution in [0.1, 0.15) is 19.3 Å². The Balaban J connectivity index is 1.74. The van der Waals surface area contributed by atoms with E-state index in [1.54, 1.807) is 18.3 Å². The number of sulfonamides is 1. The van der Waals surface area contributed by atoms with Crippen LogP contribution >= 0.6 is 22.9 Å². The number of nitrogens with zero attached hydrogens (tertiary/aromatic N) is 2. The van der Waals surface area contributed by atoms with Gasteiger partial charge in [-0.15, -0.1) is 11.3 Å². The second kappa shape index (κ2) is 4.73. The molecule has 1 saturated heterocycles. The van der Waals surface area contributed by atoms with E-state index in [0.29, 0.717) is 34.5 Å². The van der Waals surface area contributed by atoms with Crippen LogP contribution in [-0.2, 0) is 14.9 Å². The molecule has 104 valence electrons. The highest BCUT2D eigenvalue weighted by atomic mass is 35.5. The Morgan fingerprint density at radius 1 is 1.37 bits per heavy atom. The molecule has 0 aromatic carbocycles. The predicted octanol–water partition coefficient (Wildman–Crippen LogP) is 2.33. The number of halogens is 1. The van der Waals surface area contributed by atoms with E-state index < -0.39 is 10.0 Å². The molecular weight excluding hydrogens is 308 g/mol. The number of rotatable bonds is 2. The summed E-state index contributed by atoms with van der Waals surface area (Å²) in [5, 5.41) is 3.80. The van der Waals surface area contributed by atoms with Crippen molar-refractivity contribution in [3.05, 3.63) is 16.5 Å². The van der Waals surface area contributed by atoms with Crippen LogP contribution in [0, 0.1) is 0 Å². The Kier molecular flexibility index (Phi) is 3.33. The first-order valence-electron chi connectivity index (χ1n) is 5.97. The van der Waals surface area contributed by atoms with Crippen molar-refractivity contribution in [3.63, 3.8) is 0 Å². The van der Waals surface area contributed by atoms with Gasteiger partial charge in [-0.2, -0.15) is 4.31 Å². The van der Waals surface area contributed by atoms with Crippen LogP contribution in [0.2, 0.25) is 4.34 Å². The smallest absolute Gasteiger partial charge is 0.252 e. The fourth-order valence-electron chi connectivity index (χ4n) is 2.38. The third-order valence-electron chi connectivity index (χ3n) is 3.56. The first-order chi connectivity index (χ1) is 9.02. The normalized spacial score (nSPS) is 22.8. The van der Waals surface area contributed by atoms with Crippen LogP contribution in [0.3, 0.4) is 0 Å². The molecule has 0 N–H and O–H groups in total. The average Bonchev–Trinajstić information content (AvgIpc) is 3.00. The fourth-order valence-corrected chi connectivity index (χ4v) is 5.46. The first-order valence-corrected chi connectivity index (χ1v) is 8.61. The molecule has 0 bridgehead atoms. The maximum absolute atomic E-state index is 12.4. The molecule has 0 aliphatic carbocycles. The lowest BCUT2D eigenvalue weighted by Crippen LogP contribution is -2.46. The van der Waals surface area contributed by atoms with E-state index in [1.807, 2.05) is 0 Å². The second-order valence-electron chi connectivity index (χ2n) is 4.73. The average molecular weight is 321 g/mol. The topological polar surface area (TPSA) is 59.0 Å². The van der Waals surface area contributed by atoms with Gasteiger partial charge in [-0.1, -0.05) is 16.8 Å². The van der Waals surface area contributed by atoms with Gasteiger partial charge in [0.15, 0.2) is 0 Å². The molecule has 0 amide bonds. The van der Waals surface area contributed by atoms with E-state index >= 15 is 0 Å². The van der Waals surface area contributed by atoms with Crippen molar-refractivity contribution in [1.82, 2.24) is 4.31 Å². The Hall–Kier alpha value is -0.630. The van der Waals surface area contributed by atoms with Crippen LogP contribution in [0.25, 0.3) is 0 Å². The summed E-state index contributed by atoms with van der Waals surface area (Å²) in [5.41, 5.74) is -0.279. The van der Waals surface area contributed by atoms with Gasteiger partial charge in [-0.25, -0.2) is 8.42 Å². The van der Waals surface area contributed by atoms with Gasteiger partial charge in [-0.05, 0) is 12.1 Å². The molecule has 0 radical (unpaired) electrons. The van der Waals surface area contributed by atoms with Crippen LogP contribution in [0.4, 0.5) is 0 Å². The molecule has 1 aromatic rings. The molecule has 0 saturated carbocycles. The van der Waals surface area contributed by atoms with Crippen molar-refractivity contribution in [3.8, 4) is 0 Å². The highest BCUT2D eigenvalue weighted by Gasteiger charge is 2.42. The monoisotopic (exact) mass is 320 g/mol. The summed E-state index contributed by atoms with van der Waals surface area (Å²) < 4.78 is 27.1. The molecule has 8 heteroatoms. The highest BCUT2D eigenvalue weighted by molar-refractivity contribution is 7.91. The molecule has 0 unspecified atom stereocenters. The number of hydrogen-bond donors (Lipinski definition) is 0. The minimum Gasteiger partial charge on any atom is -0.389 e. The molecule has 2 aliphatic rings. The number of hydrogen-bond acceptors (Lipinski definition) is 5. The minimum absolute atomic E-state index is 0.279. The van der Waals surface area contributed by atoms with E-state index in [1.165, 1.54) is 4.31 Å². The standard InChI is InChI=1S/C11H13ClN2O3S2/c12-9-1-2-10(18-9)19(15,16)14-7-4-11(5-8-14)3-6-13-17-11/h1-2,6H,3-5,7-8H2. The van der Waals surface area contributed by atoms with Crippen LogP contribution < -0.4 is 0 Å². The quantitative estimate of drug-likeness (QED) is 0.840. The first kappa shape index (κ1) is 13.4. The number of oxime groups is 1. The lowest BCUT2D eigenvalue weighted by Gasteiger charge is -2.36. The summed E-state index contributed by atoms with van der Waals surface area (Å²) in [6, 6.07) is 3.17. The van der Waals surface area contributed by atoms with Gasteiger partial charge in [0, 0.05) is 38.6 Å². The molecule has 19 heavy (non-hydrogen) atoms. The fraction of sp³-hybridized carbons (Fsp3) is 0.545. The lowest BCUT2D eigenvalue weighted by atomic mass is 9.90. The Morgan fingerprint density at radius 2 is 2.11 bits per heavy atom. The van der Waals surface area contributed by atoms with Crippen molar-refractivity contribution in [1.29, 1.82) is 0 Å². The highest BCUT2D eigenvalue weighted by Crippen LogP contribution is 2.35. The summed E-state index contributed by atoms with van der Waals surface area (Å²) in [6.07, 6.45) is 3.87. The summed E-state index contributed by atoms with van der Waals surface area (Å²) in [5.74, 6) is 0. The largest absolute Gasteiger partial charge is 0.389 e. The summed E-state index contributed by atoms with van der Waals surface area (Å²) in [6.45, 7) is 0.919. The predicted molar refractivity (Wildman–Crippen MR) is 74.2 cm³/mol. The second-order valence-corrected chi connectivity index (χ2v) is 8.61. The Morgan fingerprint density at radius 3 is 2.63 bits per heavy atom. The maximum atomic E-state index is 12.4. The van der Waals surface area contributed by atoms with Crippen molar-refractivity contribution >= 4 is 39.2 Å². The summed E-state index contributed by atoms with van der Waals surface area (Å²) in [4.78, 5) is 5.38. The third-order valence-corrected chi connectivity index (χ3v) is 7.16. The van der Waals surface area contributed by atoms with Gasteiger partial charge in [0.25, 0.3) is 10.0 Å². The molecule has 0 atom stereocenters. The maximum Gasteiger partial charge on any atom is 0.252 e. The SMILES string of the molecule is O=S(=O)(c1ccc(Cl)s1)N1CCC2(CC=NO2)CC1. The molecule has 2 aliphatic heterocycles. The summed E-state index contributed by atoms with van der Waals surface area (Å²) in [7, 11) is -3.42. The number of thiophene rings is 1. The zero-order chi connectivity index (χ0) is 13.5. The van der Waals surface area contributed by atoms with Crippen molar-refractivity contribution in [2.45, 2.75) is 29.1 Å². The molecule has 5 nitrogen and oxygen atoms in total. The van der Waals surface area contributed by atoms with Crippen molar-refractivity contribution in [2.75, 3.05) is 13.1 Å². The third kappa shape index (κ3) is 2.40. The Bertz CT molecular complexity index is 593. The van der Waals surface area contributed by atoms with Gasteiger partial charge in [0.2, 0.25) is 0 Å². The van der Waals surface area contributed by atoms with Crippen LogP contribution in [-0.4, -0.2) is 37.6 Å².